The van der Waals surface area contributed by atoms with E-state index in [1.165, 1.54) is 4.90 Å². The summed E-state index contributed by atoms with van der Waals surface area (Å²) >= 11 is 0. The SMILES string of the molecule is C[C@@H]1CN(C(=O)[C@@H]2CCC(=O)N[C@@H](Cc3ccccc3)C(=O)N(C)CCOc3ccccc3C(=O)N2)C[C@H](C)O1. The van der Waals surface area contributed by atoms with E-state index in [0.717, 1.165) is 5.56 Å². The van der Waals surface area contributed by atoms with Crippen LogP contribution in [-0.2, 0) is 25.5 Å². The van der Waals surface area contributed by atoms with Gasteiger partial charge >= 0.3 is 0 Å². The molecule has 10 nitrogen and oxygen atoms in total. The largest absolute Gasteiger partial charge is 0.491 e. The van der Waals surface area contributed by atoms with Gasteiger partial charge in [0.25, 0.3) is 5.91 Å². The van der Waals surface area contributed by atoms with Crippen LogP contribution in [0.3, 0.4) is 0 Å². The maximum absolute atomic E-state index is 13.6. The molecular weight excluding hydrogens is 512 g/mol. The van der Waals surface area contributed by atoms with Crippen molar-refractivity contribution >= 4 is 23.6 Å². The summed E-state index contributed by atoms with van der Waals surface area (Å²) in [6.45, 7) is 4.97. The number of amides is 4. The summed E-state index contributed by atoms with van der Waals surface area (Å²) < 4.78 is 11.7. The van der Waals surface area contributed by atoms with E-state index in [2.05, 4.69) is 10.6 Å². The van der Waals surface area contributed by atoms with E-state index in [4.69, 9.17) is 9.47 Å². The number of benzene rings is 2. The van der Waals surface area contributed by atoms with Crippen molar-refractivity contribution in [2.75, 3.05) is 33.3 Å². The fourth-order valence-corrected chi connectivity index (χ4v) is 5.11. The zero-order valence-corrected chi connectivity index (χ0v) is 23.3. The molecule has 1 fully saturated rings. The highest BCUT2D eigenvalue weighted by atomic mass is 16.5. The first-order valence-electron chi connectivity index (χ1n) is 13.8. The van der Waals surface area contributed by atoms with Gasteiger partial charge in [-0.25, -0.2) is 0 Å². The maximum atomic E-state index is 13.6. The Hall–Kier alpha value is -3.92. The van der Waals surface area contributed by atoms with Crippen LogP contribution in [0.1, 0.15) is 42.6 Å². The third-order valence-corrected chi connectivity index (χ3v) is 7.10. The minimum Gasteiger partial charge on any atom is -0.491 e. The molecule has 0 unspecified atom stereocenters. The molecule has 0 aliphatic carbocycles. The first-order chi connectivity index (χ1) is 19.2. The van der Waals surface area contributed by atoms with E-state index in [1.54, 1.807) is 36.2 Å². The highest BCUT2D eigenvalue weighted by Crippen LogP contribution is 2.20. The minimum atomic E-state index is -0.945. The predicted octanol–water partition coefficient (Wildman–Crippen LogP) is 1.78. The highest BCUT2D eigenvalue weighted by molar-refractivity contribution is 6.00. The van der Waals surface area contributed by atoms with Crippen LogP contribution < -0.4 is 15.4 Å². The smallest absolute Gasteiger partial charge is 0.255 e. The molecule has 4 rings (SSSR count). The van der Waals surface area contributed by atoms with Gasteiger partial charge in [-0.05, 0) is 38.0 Å². The second-order valence-corrected chi connectivity index (χ2v) is 10.5. The fourth-order valence-electron chi connectivity index (χ4n) is 5.11. The number of para-hydroxylation sites is 1. The van der Waals surface area contributed by atoms with Gasteiger partial charge in [-0.1, -0.05) is 42.5 Å². The van der Waals surface area contributed by atoms with Crippen LogP contribution in [0.2, 0.25) is 0 Å². The lowest BCUT2D eigenvalue weighted by Gasteiger charge is -2.37. The molecule has 2 aromatic rings. The number of rotatable bonds is 3. The molecular formula is C30H38N4O6. The number of likely N-dealkylation sites (N-methyl/N-ethyl adjacent to an activating group) is 1. The van der Waals surface area contributed by atoms with Gasteiger partial charge in [-0.3, -0.25) is 19.2 Å². The van der Waals surface area contributed by atoms with E-state index in [1.807, 2.05) is 44.2 Å². The van der Waals surface area contributed by atoms with Crippen LogP contribution in [0.25, 0.3) is 0 Å². The average Bonchev–Trinajstić information content (AvgIpc) is 2.94. The molecule has 2 aliphatic rings. The van der Waals surface area contributed by atoms with Crippen molar-refractivity contribution in [1.29, 1.82) is 0 Å². The van der Waals surface area contributed by atoms with E-state index < -0.39 is 18.0 Å². The Kier molecular flexibility index (Phi) is 9.76. The lowest BCUT2D eigenvalue weighted by molar-refractivity contribution is -0.145. The Bertz CT molecular complexity index is 1200. The third-order valence-electron chi connectivity index (χ3n) is 7.10. The summed E-state index contributed by atoms with van der Waals surface area (Å²) in [5, 5.41) is 5.72. The number of nitrogens with one attached hydrogen (secondary N) is 2. The van der Waals surface area contributed by atoms with Crippen molar-refractivity contribution in [3.05, 3.63) is 65.7 Å². The molecule has 10 heteroatoms. The van der Waals surface area contributed by atoms with Crippen molar-refractivity contribution in [2.45, 2.75) is 57.4 Å². The lowest BCUT2D eigenvalue weighted by atomic mass is 10.0. The normalized spacial score (nSPS) is 25.0. The minimum absolute atomic E-state index is 0.0490. The highest BCUT2D eigenvalue weighted by Gasteiger charge is 2.33. The van der Waals surface area contributed by atoms with Crippen molar-refractivity contribution in [1.82, 2.24) is 20.4 Å². The topological polar surface area (TPSA) is 117 Å². The quantitative estimate of drug-likeness (QED) is 0.602. The number of nitrogens with zero attached hydrogens (tertiary/aromatic N) is 2. The molecule has 0 spiro atoms. The summed E-state index contributed by atoms with van der Waals surface area (Å²) in [6.07, 6.45) is 0.0469. The van der Waals surface area contributed by atoms with Crippen molar-refractivity contribution in [2.24, 2.45) is 0 Å². The number of hydrogen-bond donors (Lipinski definition) is 2. The van der Waals surface area contributed by atoms with Crippen LogP contribution in [0.4, 0.5) is 0 Å². The lowest BCUT2D eigenvalue weighted by Crippen LogP contribution is -2.55. The van der Waals surface area contributed by atoms with E-state index >= 15 is 0 Å². The second kappa shape index (κ2) is 13.4. The van der Waals surface area contributed by atoms with Crippen LogP contribution in [-0.4, -0.2) is 91.0 Å². The van der Waals surface area contributed by atoms with Gasteiger partial charge in [-0.2, -0.15) is 0 Å². The second-order valence-electron chi connectivity index (χ2n) is 10.5. The molecule has 214 valence electrons. The summed E-state index contributed by atoms with van der Waals surface area (Å²) in [4.78, 5) is 56.7. The van der Waals surface area contributed by atoms with Gasteiger partial charge in [0.15, 0.2) is 0 Å². The first kappa shape index (κ1) is 29.1. The Balaban J connectivity index is 1.60. The number of carbonyl (C=O) groups excluding carboxylic acids is 4. The summed E-state index contributed by atoms with van der Waals surface area (Å²) in [7, 11) is 1.66. The zero-order chi connectivity index (χ0) is 28.6. The number of morpholine rings is 1. The number of hydrogen-bond acceptors (Lipinski definition) is 6. The van der Waals surface area contributed by atoms with Crippen LogP contribution in [0, 0.1) is 0 Å². The molecule has 0 aromatic heterocycles. The molecule has 0 saturated carbocycles. The van der Waals surface area contributed by atoms with Crippen molar-refractivity contribution in [3.8, 4) is 5.75 Å². The summed E-state index contributed by atoms with van der Waals surface area (Å²) in [5.74, 6) is -1.01. The fraction of sp³-hybridized carbons (Fsp3) is 0.467. The molecule has 4 atom stereocenters. The summed E-state index contributed by atoms with van der Waals surface area (Å²) in [6, 6.07) is 14.5. The monoisotopic (exact) mass is 550 g/mol. The van der Waals surface area contributed by atoms with Crippen molar-refractivity contribution in [3.63, 3.8) is 0 Å². The molecule has 2 aliphatic heterocycles. The molecule has 40 heavy (non-hydrogen) atoms. The van der Waals surface area contributed by atoms with Crippen LogP contribution in [0.5, 0.6) is 5.75 Å². The predicted molar refractivity (Wildman–Crippen MR) is 149 cm³/mol. The van der Waals surface area contributed by atoms with Crippen LogP contribution in [0.15, 0.2) is 54.6 Å². The summed E-state index contributed by atoms with van der Waals surface area (Å²) in [5.41, 5.74) is 1.19. The Labute approximate surface area is 235 Å². The molecule has 0 bridgehead atoms. The molecule has 0 radical (unpaired) electrons. The first-order valence-corrected chi connectivity index (χ1v) is 13.8. The van der Waals surface area contributed by atoms with Gasteiger partial charge in [0.2, 0.25) is 17.7 Å². The van der Waals surface area contributed by atoms with Gasteiger partial charge in [0.1, 0.15) is 24.4 Å². The number of carbonyl (C=O) groups is 4. The van der Waals surface area contributed by atoms with Gasteiger partial charge in [-0.15, -0.1) is 0 Å². The Morgan fingerprint density at radius 2 is 1.62 bits per heavy atom. The molecule has 2 aromatic carbocycles. The maximum Gasteiger partial charge on any atom is 0.255 e. The van der Waals surface area contributed by atoms with Gasteiger partial charge < -0.3 is 29.9 Å². The Morgan fingerprint density at radius 3 is 2.35 bits per heavy atom. The number of ether oxygens (including phenoxy) is 2. The number of fused-ring (bicyclic) bond motifs is 1. The van der Waals surface area contributed by atoms with Gasteiger partial charge in [0.05, 0.1) is 24.3 Å². The molecule has 2 N–H and O–H groups in total. The molecule has 1 saturated heterocycles. The third kappa shape index (κ3) is 7.59. The zero-order valence-electron chi connectivity index (χ0n) is 23.3. The van der Waals surface area contributed by atoms with E-state index in [-0.39, 0.29) is 61.5 Å². The Morgan fingerprint density at radius 1 is 0.950 bits per heavy atom. The van der Waals surface area contributed by atoms with Gasteiger partial charge in [0, 0.05) is 33.0 Å². The standard InChI is InChI=1S/C30H38N4O6/c1-20-18-34(19-21(2)40-20)30(38)24-13-14-27(35)31-25(17-22-9-5-4-6-10-22)29(37)33(3)15-16-39-26-12-8-7-11-23(26)28(36)32-24/h4-12,20-21,24-25H,13-19H2,1-3H3,(H,31,35)(H,32,36)/t20-,21+,24-,25-/m0/s1. The average molecular weight is 551 g/mol. The van der Waals surface area contributed by atoms with Crippen molar-refractivity contribution < 1.29 is 28.7 Å². The van der Waals surface area contributed by atoms with Crippen LogP contribution >= 0.6 is 0 Å². The van der Waals surface area contributed by atoms with E-state index in [0.29, 0.717) is 25.3 Å². The molecule has 4 amide bonds. The van der Waals surface area contributed by atoms with E-state index in [9.17, 15) is 19.2 Å². The molecule has 2 heterocycles.